The monoisotopic (exact) mass is 272 g/mol. The molecule has 0 spiro atoms. The van der Waals surface area contributed by atoms with Crippen LogP contribution in [0.3, 0.4) is 0 Å². The van der Waals surface area contributed by atoms with Crippen molar-refractivity contribution in [3.63, 3.8) is 0 Å². The zero-order chi connectivity index (χ0) is 14.5. The molecule has 0 bridgehead atoms. The van der Waals surface area contributed by atoms with Crippen LogP contribution in [-0.2, 0) is 0 Å². The van der Waals surface area contributed by atoms with Crippen LogP contribution >= 0.6 is 0 Å². The van der Waals surface area contributed by atoms with Gasteiger partial charge in [0.05, 0.1) is 0 Å². The lowest BCUT2D eigenvalue weighted by atomic mass is 10.0. The van der Waals surface area contributed by atoms with Gasteiger partial charge >= 0.3 is 0 Å². The van der Waals surface area contributed by atoms with Crippen LogP contribution in [0.2, 0.25) is 0 Å². The number of benzene rings is 1. The van der Waals surface area contributed by atoms with Crippen molar-refractivity contribution >= 4 is 5.57 Å². The van der Waals surface area contributed by atoms with Gasteiger partial charge in [0.1, 0.15) is 0 Å². The van der Waals surface area contributed by atoms with Gasteiger partial charge in [-0.05, 0) is 30.4 Å². The van der Waals surface area contributed by atoms with E-state index in [0.717, 1.165) is 6.42 Å². The number of unbranched alkanes of at least 4 members (excludes halogenated alkanes) is 8. The van der Waals surface area contributed by atoms with Crippen LogP contribution in [0.15, 0.2) is 36.4 Å². The summed E-state index contributed by atoms with van der Waals surface area (Å²) >= 11 is 0. The van der Waals surface area contributed by atoms with Gasteiger partial charge in [0.15, 0.2) is 0 Å². The van der Waals surface area contributed by atoms with E-state index in [4.69, 9.17) is 0 Å². The van der Waals surface area contributed by atoms with Gasteiger partial charge in [-0.1, -0.05) is 95.2 Å². The molecule has 0 heteroatoms. The fraction of sp³-hybridized carbons (Fsp3) is 0.600. The maximum absolute atomic E-state index is 2.45. The highest BCUT2D eigenvalue weighted by molar-refractivity contribution is 5.65. The molecule has 0 aliphatic heterocycles. The summed E-state index contributed by atoms with van der Waals surface area (Å²) in [5, 5.41) is 0. The molecular formula is C20H32. The van der Waals surface area contributed by atoms with E-state index < -0.39 is 0 Å². The lowest BCUT2D eigenvalue weighted by molar-refractivity contribution is 0.577. The SMILES string of the molecule is CCCCCCCCCCC=C(CC)c1ccccc1. The first-order chi connectivity index (χ1) is 9.88. The topological polar surface area (TPSA) is 0 Å². The second kappa shape index (κ2) is 11.8. The molecule has 20 heavy (non-hydrogen) atoms. The van der Waals surface area contributed by atoms with E-state index in [1.165, 1.54) is 68.9 Å². The second-order valence-corrected chi connectivity index (χ2v) is 5.71. The number of allylic oxidation sites excluding steroid dienone is 2. The molecule has 0 saturated carbocycles. The zero-order valence-electron chi connectivity index (χ0n) is 13.5. The summed E-state index contributed by atoms with van der Waals surface area (Å²) < 4.78 is 0. The predicted octanol–water partition coefficient (Wildman–Crippen LogP) is 7.01. The Morgan fingerprint density at radius 3 is 2.00 bits per heavy atom. The highest BCUT2D eigenvalue weighted by Crippen LogP contribution is 2.19. The molecule has 0 N–H and O–H groups in total. The molecule has 0 radical (unpaired) electrons. The van der Waals surface area contributed by atoms with Crippen LogP contribution in [0.1, 0.15) is 83.6 Å². The Labute approximate surface area is 126 Å². The summed E-state index contributed by atoms with van der Waals surface area (Å²) in [6.07, 6.45) is 16.1. The van der Waals surface area contributed by atoms with Crippen molar-refractivity contribution in [2.75, 3.05) is 0 Å². The number of rotatable bonds is 11. The highest BCUT2D eigenvalue weighted by atomic mass is 14.0. The van der Waals surface area contributed by atoms with Gasteiger partial charge in [-0.2, -0.15) is 0 Å². The molecule has 0 aliphatic rings. The summed E-state index contributed by atoms with van der Waals surface area (Å²) in [6.45, 7) is 4.54. The Kier molecular flexibility index (Phi) is 10.0. The zero-order valence-corrected chi connectivity index (χ0v) is 13.5. The Morgan fingerprint density at radius 2 is 1.40 bits per heavy atom. The van der Waals surface area contributed by atoms with E-state index in [-0.39, 0.29) is 0 Å². The average Bonchev–Trinajstić information content (AvgIpc) is 2.50. The molecule has 0 aliphatic carbocycles. The van der Waals surface area contributed by atoms with Crippen molar-refractivity contribution in [3.05, 3.63) is 42.0 Å². The molecule has 0 aromatic heterocycles. The fourth-order valence-electron chi connectivity index (χ4n) is 2.67. The molecule has 0 atom stereocenters. The summed E-state index contributed by atoms with van der Waals surface area (Å²) in [6, 6.07) is 10.8. The Bertz CT molecular complexity index is 348. The maximum atomic E-state index is 2.45. The van der Waals surface area contributed by atoms with E-state index in [9.17, 15) is 0 Å². The van der Waals surface area contributed by atoms with Crippen LogP contribution in [0.5, 0.6) is 0 Å². The van der Waals surface area contributed by atoms with Gasteiger partial charge in [0.25, 0.3) is 0 Å². The third-order valence-electron chi connectivity index (χ3n) is 3.97. The first-order valence-electron chi connectivity index (χ1n) is 8.63. The first-order valence-corrected chi connectivity index (χ1v) is 8.63. The minimum absolute atomic E-state index is 1.14. The highest BCUT2D eigenvalue weighted by Gasteiger charge is 1.97. The third kappa shape index (κ3) is 7.53. The maximum Gasteiger partial charge on any atom is -0.0228 e. The van der Waals surface area contributed by atoms with Crippen LogP contribution in [0.4, 0.5) is 0 Å². The van der Waals surface area contributed by atoms with Crippen LogP contribution < -0.4 is 0 Å². The number of hydrogen-bond donors (Lipinski definition) is 0. The van der Waals surface area contributed by atoms with Crippen molar-refractivity contribution in [2.45, 2.75) is 78.1 Å². The van der Waals surface area contributed by atoms with E-state index in [2.05, 4.69) is 50.3 Å². The molecule has 1 aromatic rings. The minimum atomic E-state index is 1.14. The lowest BCUT2D eigenvalue weighted by Crippen LogP contribution is -1.84. The van der Waals surface area contributed by atoms with Crippen molar-refractivity contribution in [3.8, 4) is 0 Å². The molecule has 0 saturated heterocycles. The predicted molar refractivity (Wildman–Crippen MR) is 91.9 cm³/mol. The van der Waals surface area contributed by atoms with Crippen LogP contribution in [0, 0.1) is 0 Å². The Morgan fingerprint density at radius 1 is 0.800 bits per heavy atom. The Balaban J connectivity index is 2.13. The van der Waals surface area contributed by atoms with E-state index in [0.29, 0.717) is 0 Å². The van der Waals surface area contributed by atoms with Crippen LogP contribution in [0.25, 0.3) is 5.57 Å². The molecule has 112 valence electrons. The van der Waals surface area contributed by atoms with Crippen LogP contribution in [-0.4, -0.2) is 0 Å². The van der Waals surface area contributed by atoms with E-state index in [1.54, 1.807) is 0 Å². The smallest absolute Gasteiger partial charge is 0.0228 e. The molecule has 0 heterocycles. The standard InChI is InChI=1S/C20H32/c1-3-5-6-7-8-9-10-11-13-16-19(4-2)20-17-14-12-15-18-20/h12,14-18H,3-11,13H2,1-2H3. The van der Waals surface area contributed by atoms with Crippen molar-refractivity contribution in [1.82, 2.24) is 0 Å². The van der Waals surface area contributed by atoms with Gasteiger partial charge in [-0.3, -0.25) is 0 Å². The average molecular weight is 272 g/mol. The third-order valence-corrected chi connectivity index (χ3v) is 3.97. The molecule has 1 aromatic carbocycles. The normalized spacial score (nSPS) is 11.8. The van der Waals surface area contributed by atoms with Crippen molar-refractivity contribution < 1.29 is 0 Å². The first kappa shape index (κ1) is 17.0. The summed E-state index contributed by atoms with van der Waals surface area (Å²) in [5.41, 5.74) is 2.91. The summed E-state index contributed by atoms with van der Waals surface area (Å²) in [4.78, 5) is 0. The quantitative estimate of drug-likeness (QED) is 0.380. The van der Waals surface area contributed by atoms with Crippen molar-refractivity contribution in [2.24, 2.45) is 0 Å². The fourth-order valence-corrected chi connectivity index (χ4v) is 2.67. The van der Waals surface area contributed by atoms with Gasteiger partial charge in [0.2, 0.25) is 0 Å². The molecule has 0 fully saturated rings. The molecule has 1 rings (SSSR count). The van der Waals surface area contributed by atoms with E-state index in [1.807, 2.05) is 0 Å². The molecular weight excluding hydrogens is 240 g/mol. The Hall–Kier alpha value is -1.04. The lowest BCUT2D eigenvalue weighted by Gasteiger charge is -2.05. The molecule has 0 amide bonds. The summed E-state index contributed by atoms with van der Waals surface area (Å²) in [5.74, 6) is 0. The summed E-state index contributed by atoms with van der Waals surface area (Å²) in [7, 11) is 0. The minimum Gasteiger partial charge on any atom is -0.0807 e. The van der Waals surface area contributed by atoms with E-state index >= 15 is 0 Å². The largest absolute Gasteiger partial charge is 0.0807 e. The van der Waals surface area contributed by atoms with Gasteiger partial charge < -0.3 is 0 Å². The number of hydrogen-bond acceptors (Lipinski definition) is 0. The molecule has 0 nitrogen and oxygen atoms in total. The van der Waals surface area contributed by atoms with Gasteiger partial charge in [0, 0.05) is 0 Å². The second-order valence-electron chi connectivity index (χ2n) is 5.71. The van der Waals surface area contributed by atoms with Gasteiger partial charge in [-0.25, -0.2) is 0 Å². The van der Waals surface area contributed by atoms with Crippen molar-refractivity contribution in [1.29, 1.82) is 0 Å². The molecule has 0 unspecified atom stereocenters. The van der Waals surface area contributed by atoms with Gasteiger partial charge in [-0.15, -0.1) is 0 Å².